The minimum absolute atomic E-state index is 0.0427. The summed E-state index contributed by atoms with van der Waals surface area (Å²) in [7, 11) is 1.58. The Hall–Kier alpha value is -3.37. The van der Waals surface area contributed by atoms with E-state index in [2.05, 4.69) is 43.9 Å². The van der Waals surface area contributed by atoms with Crippen molar-refractivity contribution in [2.45, 2.75) is 32.8 Å². The van der Waals surface area contributed by atoms with Gasteiger partial charge in [-0.25, -0.2) is 4.98 Å². The van der Waals surface area contributed by atoms with Gasteiger partial charge in [0.1, 0.15) is 12.4 Å². The lowest BCUT2D eigenvalue weighted by Crippen LogP contribution is -2.23. The molecule has 0 fully saturated rings. The van der Waals surface area contributed by atoms with Crippen LogP contribution in [0.5, 0.6) is 23.0 Å². The summed E-state index contributed by atoms with van der Waals surface area (Å²) < 4.78 is 25.4. The first-order valence-electron chi connectivity index (χ1n) is 12.0. The number of hydrogen-bond acceptors (Lipinski definition) is 7. The molecule has 0 aliphatic carbocycles. The average Bonchev–Trinajstić information content (AvgIpc) is 3.39. The van der Waals surface area contributed by atoms with Crippen molar-refractivity contribution in [1.82, 2.24) is 9.66 Å². The Bertz CT molecular complexity index is 1600. The number of nitrogens with zero attached hydrogens (tertiary/aromatic N) is 3. The van der Waals surface area contributed by atoms with E-state index in [0.29, 0.717) is 45.1 Å². The van der Waals surface area contributed by atoms with Crippen LogP contribution < -0.4 is 24.5 Å². The highest BCUT2D eigenvalue weighted by Gasteiger charge is 2.17. The van der Waals surface area contributed by atoms with Gasteiger partial charge in [-0.1, -0.05) is 35.8 Å². The summed E-state index contributed by atoms with van der Waals surface area (Å²) in [4.78, 5) is 18.2. The molecule has 0 saturated heterocycles. The van der Waals surface area contributed by atoms with Gasteiger partial charge < -0.3 is 18.9 Å². The van der Waals surface area contributed by atoms with Gasteiger partial charge in [0.2, 0.25) is 6.79 Å². The molecule has 196 valence electrons. The lowest BCUT2D eigenvalue weighted by molar-refractivity contribution is 0.174. The summed E-state index contributed by atoms with van der Waals surface area (Å²) in [5.74, 6) is 3.15. The minimum atomic E-state index is -0.224. The Labute approximate surface area is 236 Å². The molecular formula is C28H25Br2N3O5. The molecule has 0 saturated carbocycles. The van der Waals surface area contributed by atoms with E-state index in [1.807, 2.05) is 49.4 Å². The molecule has 0 bridgehead atoms. The van der Waals surface area contributed by atoms with Crippen molar-refractivity contribution < 1.29 is 18.9 Å². The molecule has 0 N–H and O–H groups in total. The summed E-state index contributed by atoms with van der Waals surface area (Å²) in [6.07, 6.45) is 2.44. The lowest BCUT2D eigenvalue weighted by atomic mass is 10.1. The van der Waals surface area contributed by atoms with Crippen LogP contribution in [0.1, 0.15) is 43.1 Å². The van der Waals surface area contributed by atoms with Crippen LogP contribution in [0.3, 0.4) is 0 Å². The molecule has 1 aliphatic rings. The van der Waals surface area contributed by atoms with Crippen LogP contribution in [0.25, 0.3) is 10.9 Å². The molecule has 1 atom stereocenters. The highest BCUT2D eigenvalue weighted by Crippen LogP contribution is 2.38. The monoisotopic (exact) mass is 641 g/mol. The maximum atomic E-state index is 13.4. The molecule has 0 unspecified atom stereocenters. The number of aromatic nitrogens is 2. The number of fused-ring (bicyclic) bond motifs is 2. The Balaban J connectivity index is 1.45. The molecule has 0 amide bonds. The molecule has 38 heavy (non-hydrogen) atoms. The van der Waals surface area contributed by atoms with E-state index in [1.54, 1.807) is 19.4 Å². The van der Waals surface area contributed by atoms with Gasteiger partial charge in [0.25, 0.3) is 5.56 Å². The van der Waals surface area contributed by atoms with Gasteiger partial charge in [-0.2, -0.15) is 9.78 Å². The highest BCUT2D eigenvalue weighted by molar-refractivity contribution is 9.10. The van der Waals surface area contributed by atoms with Crippen LogP contribution in [-0.4, -0.2) is 29.8 Å². The van der Waals surface area contributed by atoms with E-state index in [9.17, 15) is 4.79 Å². The normalized spacial score (nSPS) is 13.3. The first kappa shape index (κ1) is 26.2. The Morgan fingerprint density at radius 1 is 1.13 bits per heavy atom. The van der Waals surface area contributed by atoms with Crippen molar-refractivity contribution in [3.63, 3.8) is 0 Å². The number of benzene rings is 3. The van der Waals surface area contributed by atoms with Crippen molar-refractivity contribution in [3.05, 3.63) is 84.8 Å². The predicted molar refractivity (Wildman–Crippen MR) is 153 cm³/mol. The summed E-state index contributed by atoms with van der Waals surface area (Å²) in [5.41, 5.74) is 2.08. The molecule has 1 aromatic heterocycles. The number of rotatable bonds is 8. The topological polar surface area (TPSA) is 84.2 Å². The summed E-state index contributed by atoms with van der Waals surface area (Å²) in [6, 6.07) is 14.8. The fraction of sp³-hybridized carbons (Fsp3) is 0.250. The Morgan fingerprint density at radius 2 is 1.95 bits per heavy atom. The zero-order valence-electron chi connectivity index (χ0n) is 21.0. The van der Waals surface area contributed by atoms with Crippen molar-refractivity contribution in [2.24, 2.45) is 5.10 Å². The van der Waals surface area contributed by atoms with Crippen LogP contribution in [0, 0.1) is 0 Å². The van der Waals surface area contributed by atoms with Crippen molar-refractivity contribution >= 4 is 49.0 Å². The van der Waals surface area contributed by atoms with Crippen LogP contribution >= 0.6 is 31.9 Å². The second-order valence-electron chi connectivity index (χ2n) is 8.81. The quantitative estimate of drug-likeness (QED) is 0.201. The SMILES string of the molecule is CC[C@@H](C)c1nc2ccc(Br)cc2c(=O)n1N=Cc1cc(Br)c(OCc2ccc3c(c2)OCO3)c(OC)c1. The van der Waals surface area contributed by atoms with E-state index in [4.69, 9.17) is 23.9 Å². The van der Waals surface area contributed by atoms with Crippen molar-refractivity contribution in [3.8, 4) is 23.0 Å². The van der Waals surface area contributed by atoms with Crippen LogP contribution in [0.2, 0.25) is 0 Å². The number of ether oxygens (including phenoxy) is 4. The van der Waals surface area contributed by atoms with Gasteiger partial charge >= 0.3 is 0 Å². The zero-order valence-corrected chi connectivity index (χ0v) is 24.2. The fourth-order valence-corrected chi connectivity index (χ4v) is 4.98. The maximum Gasteiger partial charge on any atom is 0.282 e. The number of halogens is 2. The van der Waals surface area contributed by atoms with E-state index in [1.165, 1.54) is 4.68 Å². The molecule has 0 radical (unpaired) electrons. The summed E-state index contributed by atoms with van der Waals surface area (Å²) in [5, 5.41) is 5.05. The second kappa shape index (κ2) is 11.2. The summed E-state index contributed by atoms with van der Waals surface area (Å²) >= 11 is 7.04. The molecule has 10 heteroatoms. The first-order chi connectivity index (χ1) is 18.4. The van der Waals surface area contributed by atoms with Crippen molar-refractivity contribution in [1.29, 1.82) is 0 Å². The molecule has 3 aromatic carbocycles. The van der Waals surface area contributed by atoms with Crippen LogP contribution in [0.4, 0.5) is 0 Å². The third-order valence-electron chi connectivity index (χ3n) is 6.28. The van der Waals surface area contributed by atoms with Gasteiger partial charge in [0.05, 0.1) is 28.7 Å². The van der Waals surface area contributed by atoms with Crippen LogP contribution in [-0.2, 0) is 6.61 Å². The highest BCUT2D eigenvalue weighted by atomic mass is 79.9. The molecule has 2 heterocycles. The zero-order chi connectivity index (χ0) is 26.8. The van der Waals surface area contributed by atoms with Gasteiger partial charge in [-0.3, -0.25) is 4.79 Å². The van der Waals surface area contributed by atoms with Gasteiger partial charge in [0, 0.05) is 10.4 Å². The van der Waals surface area contributed by atoms with E-state index in [-0.39, 0.29) is 18.3 Å². The van der Waals surface area contributed by atoms with Gasteiger partial charge in [0.15, 0.2) is 23.0 Å². The largest absolute Gasteiger partial charge is 0.493 e. The van der Waals surface area contributed by atoms with Gasteiger partial charge in [-0.05, 0) is 75.9 Å². The van der Waals surface area contributed by atoms with E-state index >= 15 is 0 Å². The molecule has 4 aromatic rings. The van der Waals surface area contributed by atoms with E-state index in [0.717, 1.165) is 27.8 Å². The molecule has 8 nitrogen and oxygen atoms in total. The Morgan fingerprint density at radius 3 is 2.74 bits per heavy atom. The van der Waals surface area contributed by atoms with E-state index < -0.39 is 0 Å². The molecular weight excluding hydrogens is 618 g/mol. The first-order valence-corrected chi connectivity index (χ1v) is 13.6. The Kier molecular flexibility index (Phi) is 7.71. The smallest absolute Gasteiger partial charge is 0.282 e. The number of hydrogen-bond donors (Lipinski definition) is 0. The van der Waals surface area contributed by atoms with Crippen LogP contribution in [0.15, 0.2) is 67.4 Å². The third-order valence-corrected chi connectivity index (χ3v) is 7.36. The molecule has 1 aliphatic heterocycles. The minimum Gasteiger partial charge on any atom is -0.493 e. The molecule has 5 rings (SSSR count). The van der Waals surface area contributed by atoms with Gasteiger partial charge in [-0.15, -0.1) is 0 Å². The fourth-order valence-electron chi connectivity index (χ4n) is 4.04. The van der Waals surface area contributed by atoms with Crippen molar-refractivity contribution in [2.75, 3.05) is 13.9 Å². The average molecular weight is 643 g/mol. The second-order valence-corrected chi connectivity index (χ2v) is 10.6. The number of methoxy groups -OCH3 is 1. The third kappa shape index (κ3) is 5.28. The lowest BCUT2D eigenvalue weighted by Gasteiger charge is -2.15. The predicted octanol–water partition coefficient (Wildman–Crippen LogP) is 6.63. The summed E-state index contributed by atoms with van der Waals surface area (Å²) in [6.45, 7) is 4.62. The standard InChI is InChI=1S/C28H25Br2N3O5/c1-4-16(2)27-32-22-7-6-19(29)12-20(22)28(34)33(27)31-13-18-9-21(30)26(25(11-18)35-3)36-14-17-5-8-23-24(10-17)38-15-37-23/h5-13,16H,4,14-15H2,1-3H3/t16-/m1/s1. The maximum absolute atomic E-state index is 13.4. The molecule has 0 spiro atoms.